The number of nitrogens with one attached hydrogen (secondary N) is 1. The first-order chi connectivity index (χ1) is 10.4. The van der Waals surface area contributed by atoms with E-state index in [4.69, 9.17) is 9.28 Å². The zero-order valence-corrected chi connectivity index (χ0v) is 18.4. The highest BCUT2D eigenvalue weighted by atomic mass is 31.2. The normalized spacial score (nSPS) is 24.0. The van der Waals surface area contributed by atoms with Crippen molar-refractivity contribution in [1.29, 1.82) is 0 Å². The van der Waals surface area contributed by atoms with E-state index in [1.54, 1.807) is 0 Å². The Morgan fingerprint density at radius 3 is 1.91 bits per heavy atom. The van der Waals surface area contributed by atoms with E-state index in [9.17, 15) is 0 Å². The minimum atomic E-state index is -2.18. The summed E-state index contributed by atoms with van der Waals surface area (Å²) < 4.78 is 19.5. The van der Waals surface area contributed by atoms with Gasteiger partial charge in [-0.15, -0.1) is 9.76 Å². The van der Waals surface area contributed by atoms with Crippen LogP contribution in [0.15, 0.2) is 9.28 Å². The second-order valence-corrected chi connectivity index (χ2v) is 14.0. The quantitative estimate of drug-likeness (QED) is 0.760. The van der Waals surface area contributed by atoms with Crippen LogP contribution in [-0.2, 0) is 0 Å². The summed E-state index contributed by atoms with van der Waals surface area (Å²) in [5.41, 5.74) is -0.0547. The molecule has 0 radical (unpaired) electrons. The highest BCUT2D eigenvalue weighted by Gasteiger charge is 2.52. The average Bonchev–Trinajstić information content (AvgIpc) is 2.36. The van der Waals surface area contributed by atoms with Crippen molar-refractivity contribution in [1.82, 2.24) is 23.8 Å². The fourth-order valence-electron chi connectivity index (χ4n) is 2.80. The van der Waals surface area contributed by atoms with Crippen molar-refractivity contribution in [2.75, 3.05) is 55.9 Å². The van der Waals surface area contributed by atoms with E-state index in [0.29, 0.717) is 0 Å². The van der Waals surface area contributed by atoms with E-state index >= 15 is 0 Å². The molecule has 1 aliphatic heterocycles. The summed E-state index contributed by atoms with van der Waals surface area (Å²) in [5.74, 6) is 0. The van der Waals surface area contributed by atoms with E-state index in [2.05, 4.69) is 93.9 Å². The Balaban J connectivity index is 3.63. The van der Waals surface area contributed by atoms with Crippen LogP contribution >= 0.6 is 15.4 Å². The molecule has 23 heavy (non-hydrogen) atoms. The molecule has 1 rings (SSSR count). The van der Waals surface area contributed by atoms with Gasteiger partial charge in [-0.1, -0.05) is 4.76 Å². The van der Waals surface area contributed by atoms with Crippen molar-refractivity contribution in [2.45, 2.75) is 32.7 Å². The zero-order valence-electron chi connectivity index (χ0n) is 16.6. The first kappa shape index (κ1) is 21.2. The summed E-state index contributed by atoms with van der Waals surface area (Å²) in [6.07, 6.45) is 3.03. The second kappa shape index (κ2) is 7.57. The molecule has 0 bridgehead atoms. The van der Waals surface area contributed by atoms with Crippen molar-refractivity contribution in [3.05, 3.63) is 0 Å². The predicted octanol–water partition coefficient (Wildman–Crippen LogP) is 3.09. The molecule has 0 aromatic carbocycles. The molecule has 0 saturated heterocycles. The van der Waals surface area contributed by atoms with Gasteiger partial charge in [0.1, 0.15) is 0 Å². The molecule has 7 nitrogen and oxygen atoms in total. The first-order valence-electron chi connectivity index (χ1n) is 7.99. The molecule has 1 atom stereocenters. The van der Waals surface area contributed by atoms with Crippen LogP contribution in [0.3, 0.4) is 0 Å². The average molecular weight is 364 g/mol. The molecular formula is C14H36N7P2+. The monoisotopic (exact) mass is 364 g/mol. The van der Waals surface area contributed by atoms with Crippen molar-refractivity contribution in [3.63, 3.8) is 0 Å². The van der Waals surface area contributed by atoms with Crippen molar-refractivity contribution in [2.24, 2.45) is 9.28 Å². The first-order valence-corrected chi connectivity index (χ1v) is 11.2. The number of rotatable bonds is 5. The molecule has 0 aromatic rings. The summed E-state index contributed by atoms with van der Waals surface area (Å²) in [4.78, 5) is 0. The van der Waals surface area contributed by atoms with Gasteiger partial charge in [-0.05, 0) is 67.6 Å². The van der Waals surface area contributed by atoms with Gasteiger partial charge in [0.15, 0.2) is 0 Å². The summed E-state index contributed by atoms with van der Waals surface area (Å²) in [6.45, 7) is 7.54. The van der Waals surface area contributed by atoms with Crippen molar-refractivity contribution >= 4 is 21.6 Å². The Kier molecular flexibility index (Phi) is 6.97. The van der Waals surface area contributed by atoms with Gasteiger partial charge in [0.05, 0.1) is 6.21 Å². The lowest BCUT2D eigenvalue weighted by atomic mass is 10.1. The number of hydrogen-bond acceptors (Lipinski definition) is 4. The zero-order chi connectivity index (χ0) is 18.1. The number of nitrogens with zero attached hydrogens (tertiary/aromatic N) is 6. The van der Waals surface area contributed by atoms with Gasteiger partial charge in [-0.2, -0.15) is 0 Å². The minimum absolute atomic E-state index is 0.0547. The van der Waals surface area contributed by atoms with Crippen LogP contribution in [0.25, 0.3) is 0 Å². The molecular weight excluding hydrogens is 328 g/mol. The SMILES string of the molecule is CN(C)P(=N[P+]1(NC(C)(C)C)N=CCCN1C)(N(C)C)N(C)C. The third kappa shape index (κ3) is 4.60. The van der Waals surface area contributed by atoms with Crippen molar-refractivity contribution in [3.8, 4) is 0 Å². The maximum atomic E-state index is 5.48. The molecule has 1 heterocycles. The van der Waals surface area contributed by atoms with Gasteiger partial charge < -0.3 is 0 Å². The van der Waals surface area contributed by atoms with Gasteiger partial charge in [0, 0.05) is 25.6 Å². The largest absolute Gasteiger partial charge is 0.399 e. The lowest BCUT2D eigenvalue weighted by molar-refractivity contribution is 0.461. The minimum Gasteiger partial charge on any atom is -0.249 e. The highest BCUT2D eigenvalue weighted by Crippen LogP contribution is 2.72. The fourth-order valence-corrected chi connectivity index (χ4v) is 11.2. The van der Waals surface area contributed by atoms with E-state index in [-0.39, 0.29) is 5.54 Å². The van der Waals surface area contributed by atoms with Gasteiger partial charge in [0.2, 0.25) is 7.51 Å². The van der Waals surface area contributed by atoms with Gasteiger partial charge in [-0.3, -0.25) is 0 Å². The van der Waals surface area contributed by atoms with Crippen molar-refractivity contribution < 1.29 is 0 Å². The Hall–Kier alpha value is 0.130. The molecule has 0 aliphatic carbocycles. The molecule has 0 saturated carbocycles. The molecule has 0 fully saturated rings. The third-order valence-corrected chi connectivity index (χ3v) is 11.4. The van der Waals surface area contributed by atoms with Crippen LogP contribution in [0.1, 0.15) is 27.2 Å². The third-order valence-electron chi connectivity index (χ3n) is 3.64. The Bertz CT molecular complexity index is 453. The lowest BCUT2D eigenvalue weighted by Crippen LogP contribution is -2.42. The molecule has 9 heteroatoms. The van der Waals surface area contributed by atoms with Crippen LogP contribution in [0, 0.1) is 0 Å². The highest BCUT2D eigenvalue weighted by molar-refractivity contribution is 7.76. The van der Waals surface area contributed by atoms with Crippen LogP contribution in [-0.4, -0.2) is 86.3 Å². The Labute approximate surface area is 143 Å². The molecule has 1 aliphatic rings. The Morgan fingerprint density at radius 1 is 1.09 bits per heavy atom. The standard InChI is InChI=1S/C14H36N7P2/c1-14(2,3)16-22(15-12-11-13-21(22)10)17-23(18(4)5,19(6)7)20(8)9/h12,16H,11,13H2,1-10H3/q+1. The fraction of sp³-hybridized carbons (Fsp3) is 0.929. The van der Waals surface area contributed by atoms with E-state index < -0.39 is 15.4 Å². The van der Waals surface area contributed by atoms with Gasteiger partial charge >= 0.3 is 7.87 Å². The molecule has 0 aromatic heterocycles. The molecule has 1 N–H and O–H groups in total. The van der Waals surface area contributed by atoms with E-state index in [0.717, 1.165) is 13.0 Å². The van der Waals surface area contributed by atoms with E-state index in [1.807, 2.05) is 6.21 Å². The lowest BCUT2D eigenvalue weighted by Gasteiger charge is -2.42. The smallest absolute Gasteiger partial charge is 0.249 e. The van der Waals surface area contributed by atoms with Gasteiger partial charge in [-0.25, -0.2) is 14.0 Å². The molecule has 1 unspecified atom stereocenters. The number of hydrogen-bond donors (Lipinski definition) is 1. The predicted molar refractivity (Wildman–Crippen MR) is 106 cm³/mol. The summed E-state index contributed by atoms with van der Waals surface area (Å²) in [5, 5.41) is 3.76. The maximum absolute atomic E-state index is 5.48. The second-order valence-electron chi connectivity index (χ2n) is 7.57. The van der Waals surface area contributed by atoms with Crippen LogP contribution in [0.5, 0.6) is 0 Å². The molecule has 136 valence electrons. The van der Waals surface area contributed by atoms with Crippen LogP contribution in [0.2, 0.25) is 0 Å². The topological polar surface area (TPSA) is 49.7 Å². The maximum Gasteiger partial charge on any atom is 0.399 e. The molecule has 0 spiro atoms. The summed E-state index contributed by atoms with van der Waals surface area (Å²) in [6, 6.07) is 0. The summed E-state index contributed by atoms with van der Waals surface area (Å²) >= 11 is 0. The van der Waals surface area contributed by atoms with Gasteiger partial charge in [0.25, 0.3) is 0 Å². The molecule has 0 amide bonds. The van der Waals surface area contributed by atoms with Crippen LogP contribution in [0.4, 0.5) is 0 Å². The Morgan fingerprint density at radius 2 is 1.57 bits per heavy atom. The van der Waals surface area contributed by atoms with E-state index in [1.165, 1.54) is 0 Å². The summed E-state index contributed by atoms with van der Waals surface area (Å²) in [7, 11) is 10.6. The van der Waals surface area contributed by atoms with Crippen LogP contribution < -0.4 is 5.09 Å².